The monoisotopic (exact) mass is 287 g/mol. The molecule has 21 heavy (non-hydrogen) atoms. The van der Waals surface area contributed by atoms with E-state index in [4.69, 9.17) is 4.74 Å². The van der Waals surface area contributed by atoms with E-state index in [2.05, 4.69) is 16.3 Å². The minimum atomic E-state index is 0.0590. The number of nitrogens with one attached hydrogen (secondary N) is 1. The molecule has 1 aliphatic rings. The van der Waals surface area contributed by atoms with Gasteiger partial charge in [-0.25, -0.2) is 0 Å². The van der Waals surface area contributed by atoms with E-state index in [-0.39, 0.29) is 5.56 Å². The van der Waals surface area contributed by atoms with E-state index in [1.165, 1.54) is 0 Å². The number of nitrogens with zero attached hydrogens (tertiary/aromatic N) is 2. The zero-order valence-electron chi connectivity index (χ0n) is 12.6. The molecule has 112 valence electrons. The Morgan fingerprint density at radius 1 is 1.24 bits per heavy atom. The molecule has 5 nitrogen and oxygen atoms in total. The predicted octanol–water partition coefficient (Wildman–Crippen LogP) is 1.90. The lowest BCUT2D eigenvalue weighted by Crippen LogP contribution is -2.37. The molecule has 0 saturated carbocycles. The number of pyridine rings is 1. The average molecular weight is 287 g/mol. The molecule has 0 aliphatic carbocycles. The maximum Gasteiger partial charge on any atom is 0.253 e. The third kappa shape index (κ3) is 2.49. The number of hydrogen-bond acceptors (Lipinski definition) is 4. The number of hydrogen-bond donors (Lipinski definition) is 1. The van der Waals surface area contributed by atoms with Crippen molar-refractivity contribution in [2.75, 3.05) is 43.6 Å². The van der Waals surface area contributed by atoms with Gasteiger partial charge < -0.3 is 19.5 Å². The van der Waals surface area contributed by atoms with Crippen LogP contribution in [0.4, 0.5) is 11.4 Å². The Hall–Kier alpha value is -2.01. The lowest BCUT2D eigenvalue weighted by molar-refractivity contribution is 0.123. The topological polar surface area (TPSA) is 46.5 Å². The minimum absolute atomic E-state index is 0.0590. The van der Waals surface area contributed by atoms with Gasteiger partial charge in [0.2, 0.25) is 0 Å². The van der Waals surface area contributed by atoms with E-state index < -0.39 is 0 Å². The Morgan fingerprint density at radius 2 is 2.00 bits per heavy atom. The standard InChI is InChI=1S/C16H21N3O2/c1-3-19-14-5-4-12(17-2)10-13(14)15(11-16(19)20)18-6-8-21-9-7-18/h4-5,10-11,17H,3,6-9H2,1-2H3. The highest BCUT2D eigenvalue weighted by Crippen LogP contribution is 2.28. The van der Waals surface area contributed by atoms with Crippen molar-refractivity contribution in [2.24, 2.45) is 0 Å². The Kier molecular flexibility index (Phi) is 3.84. The first-order valence-corrected chi connectivity index (χ1v) is 7.42. The van der Waals surface area contributed by atoms with Crippen LogP contribution in [0.5, 0.6) is 0 Å². The summed E-state index contributed by atoms with van der Waals surface area (Å²) in [6.07, 6.45) is 0. The number of fused-ring (bicyclic) bond motifs is 1. The van der Waals surface area contributed by atoms with Crippen molar-refractivity contribution in [3.63, 3.8) is 0 Å². The molecule has 1 saturated heterocycles. The van der Waals surface area contributed by atoms with Crippen molar-refractivity contribution in [1.29, 1.82) is 0 Å². The van der Waals surface area contributed by atoms with Gasteiger partial charge in [-0.2, -0.15) is 0 Å². The normalized spacial score (nSPS) is 15.4. The summed E-state index contributed by atoms with van der Waals surface area (Å²) in [6.45, 7) is 5.76. The summed E-state index contributed by atoms with van der Waals surface area (Å²) in [7, 11) is 1.91. The second-order valence-electron chi connectivity index (χ2n) is 5.19. The fraction of sp³-hybridized carbons (Fsp3) is 0.438. The van der Waals surface area contributed by atoms with E-state index in [0.29, 0.717) is 19.8 Å². The van der Waals surface area contributed by atoms with Gasteiger partial charge >= 0.3 is 0 Å². The third-order valence-corrected chi connectivity index (χ3v) is 4.05. The molecule has 2 heterocycles. The Balaban J connectivity index is 2.24. The van der Waals surface area contributed by atoms with E-state index in [0.717, 1.165) is 35.4 Å². The second-order valence-corrected chi connectivity index (χ2v) is 5.19. The largest absolute Gasteiger partial charge is 0.388 e. The zero-order valence-corrected chi connectivity index (χ0v) is 12.6. The third-order valence-electron chi connectivity index (χ3n) is 4.05. The molecule has 1 aromatic carbocycles. The van der Waals surface area contributed by atoms with Crippen molar-refractivity contribution in [3.8, 4) is 0 Å². The first-order valence-electron chi connectivity index (χ1n) is 7.42. The molecule has 3 rings (SSSR count). The molecule has 1 aliphatic heterocycles. The van der Waals surface area contributed by atoms with Gasteiger partial charge in [0.15, 0.2) is 0 Å². The molecule has 0 unspecified atom stereocenters. The van der Waals surface area contributed by atoms with E-state index in [9.17, 15) is 4.79 Å². The molecule has 0 amide bonds. The molecule has 1 fully saturated rings. The number of anilines is 2. The van der Waals surface area contributed by atoms with Crippen LogP contribution in [-0.4, -0.2) is 37.9 Å². The molecular weight excluding hydrogens is 266 g/mol. The molecule has 2 aromatic rings. The molecule has 1 N–H and O–H groups in total. The Morgan fingerprint density at radius 3 is 2.67 bits per heavy atom. The van der Waals surface area contributed by atoms with Crippen LogP contribution in [0.3, 0.4) is 0 Å². The summed E-state index contributed by atoms with van der Waals surface area (Å²) in [4.78, 5) is 14.6. The van der Waals surface area contributed by atoms with Crippen LogP contribution < -0.4 is 15.8 Å². The van der Waals surface area contributed by atoms with Gasteiger partial charge in [-0.1, -0.05) is 0 Å². The van der Waals surface area contributed by atoms with E-state index in [1.807, 2.05) is 30.7 Å². The summed E-state index contributed by atoms with van der Waals surface area (Å²) < 4.78 is 7.23. The minimum Gasteiger partial charge on any atom is -0.388 e. The van der Waals surface area contributed by atoms with Crippen molar-refractivity contribution in [1.82, 2.24) is 4.57 Å². The summed E-state index contributed by atoms with van der Waals surface area (Å²) >= 11 is 0. The first-order chi connectivity index (χ1) is 10.2. The van der Waals surface area contributed by atoms with Gasteiger partial charge in [0.25, 0.3) is 5.56 Å². The van der Waals surface area contributed by atoms with Gasteiger partial charge in [0.1, 0.15) is 0 Å². The van der Waals surface area contributed by atoms with Crippen molar-refractivity contribution in [3.05, 3.63) is 34.6 Å². The van der Waals surface area contributed by atoms with Crippen molar-refractivity contribution < 1.29 is 4.74 Å². The van der Waals surface area contributed by atoms with E-state index >= 15 is 0 Å². The summed E-state index contributed by atoms with van der Waals surface area (Å²) in [5.41, 5.74) is 3.12. The van der Waals surface area contributed by atoms with E-state index in [1.54, 1.807) is 6.07 Å². The fourth-order valence-corrected chi connectivity index (χ4v) is 2.92. The van der Waals surface area contributed by atoms with Gasteiger partial charge in [0, 0.05) is 43.8 Å². The quantitative estimate of drug-likeness (QED) is 0.936. The number of aromatic nitrogens is 1. The fourth-order valence-electron chi connectivity index (χ4n) is 2.92. The maximum atomic E-state index is 12.4. The Bertz CT molecular complexity index is 702. The zero-order chi connectivity index (χ0) is 14.8. The average Bonchev–Trinajstić information content (AvgIpc) is 2.54. The van der Waals surface area contributed by atoms with Gasteiger partial charge in [-0.05, 0) is 25.1 Å². The SMILES string of the molecule is CCn1c(=O)cc(N2CCOCC2)c2cc(NC)ccc21. The summed E-state index contributed by atoms with van der Waals surface area (Å²) in [5.74, 6) is 0. The summed E-state index contributed by atoms with van der Waals surface area (Å²) in [6, 6.07) is 7.91. The number of ether oxygens (including phenoxy) is 1. The predicted molar refractivity (Wildman–Crippen MR) is 86.5 cm³/mol. The highest BCUT2D eigenvalue weighted by atomic mass is 16.5. The van der Waals surface area contributed by atoms with Crippen LogP contribution >= 0.6 is 0 Å². The molecule has 0 atom stereocenters. The molecule has 1 aromatic heterocycles. The molecular formula is C16H21N3O2. The van der Waals surface area contributed by atoms with Gasteiger partial charge in [-0.15, -0.1) is 0 Å². The van der Waals surface area contributed by atoms with Crippen molar-refractivity contribution in [2.45, 2.75) is 13.5 Å². The highest BCUT2D eigenvalue weighted by Gasteiger charge is 2.16. The lowest BCUT2D eigenvalue weighted by Gasteiger charge is -2.30. The first kappa shape index (κ1) is 13.9. The number of rotatable bonds is 3. The number of benzene rings is 1. The molecule has 0 spiro atoms. The Labute approximate surface area is 124 Å². The van der Waals surface area contributed by atoms with Crippen LogP contribution in [0, 0.1) is 0 Å². The molecule has 5 heteroatoms. The van der Waals surface area contributed by atoms with Gasteiger partial charge in [-0.3, -0.25) is 4.79 Å². The van der Waals surface area contributed by atoms with Crippen LogP contribution in [0.15, 0.2) is 29.1 Å². The van der Waals surface area contributed by atoms with Crippen LogP contribution in [0.2, 0.25) is 0 Å². The second kappa shape index (κ2) is 5.77. The van der Waals surface area contributed by atoms with Gasteiger partial charge in [0.05, 0.1) is 24.4 Å². The van der Waals surface area contributed by atoms with Crippen molar-refractivity contribution >= 4 is 22.3 Å². The van der Waals surface area contributed by atoms with Crippen LogP contribution in [-0.2, 0) is 11.3 Å². The molecule has 0 radical (unpaired) electrons. The maximum absolute atomic E-state index is 12.4. The smallest absolute Gasteiger partial charge is 0.253 e. The lowest BCUT2D eigenvalue weighted by atomic mass is 10.1. The van der Waals surface area contributed by atoms with Crippen LogP contribution in [0.25, 0.3) is 10.9 Å². The number of aryl methyl sites for hydroxylation is 1. The molecule has 0 bridgehead atoms. The summed E-state index contributed by atoms with van der Waals surface area (Å²) in [5, 5.41) is 4.29. The highest BCUT2D eigenvalue weighted by molar-refractivity contribution is 5.94. The number of morpholine rings is 1. The van der Waals surface area contributed by atoms with Crippen LogP contribution in [0.1, 0.15) is 6.92 Å².